The van der Waals surface area contributed by atoms with Crippen LogP contribution in [0.1, 0.15) is 23.9 Å². The summed E-state index contributed by atoms with van der Waals surface area (Å²) in [4.78, 5) is 24.1. The van der Waals surface area contributed by atoms with Gasteiger partial charge in [0, 0.05) is 13.1 Å². The van der Waals surface area contributed by atoms with Crippen LogP contribution in [0.25, 0.3) is 6.08 Å². The predicted molar refractivity (Wildman–Crippen MR) is 99.0 cm³/mol. The molecule has 29 heavy (non-hydrogen) atoms. The summed E-state index contributed by atoms with van der Waals surface area (Å²) in [7, 11) is 1.74. The van der Waals surface area contributed by atoms with Crippen molar-refractivity contribution in [2.75, 3.05) is 5.32 Å². The van der Waals surface area contributed by atoms with Crippen molar-refractivity contribution >= 4 is 23.6 Å². The second kappa shape index (κ2) is 8.80. The number of nitrogens with zero attached hydrogens (tertiary/aromatic N) is 2. The van der Waals surface area contributed by atoms with E-state index >= 15 is 0 Å². The van der Waals surface area contributed by atoms with Crippen LogP contribution >= 0.6 is 0 Å². The maximum atomic E-state index is 12.2. The molecule has 0 radical (unpaired) electrons. The third-order valence-electron chi connectivity index (χ3n) is 3.94. The molecule has 0 aliphatic heterocycles. The van der Waals surface area contributed by atoms with E-state index in [1.807, 2.05) is 0 Å². The summed E-state index contributed by atoms with van der Waals surface area (Å²) in [6, 6.07) is 4.92. The Morgan fingerprint density at radius 3 is 2.34 bits per heavy atom. The molecular weight excluding hydrogens is 391 g/mol. The van der Waals surface area contributed by atoms with Crippen LogP contribution < -0.4 is 10.1 Å². The largest absolute Gasteiger partial charge is 0.573 e. The molecule has 1 atom stereocenters. The average Bonchev–Trinajstić information content (AvgIpc) is 2.86. The molecule has 0 aliphatic carbocycles. The number of aryl methyl sites for hydroxylation is 2. The maximum absolute atomic E-state index is 12.2. The number of hydrogen-bond acceptors (Lipinski definition) is 5. The third kappa shape index (κ3) is 6.37. The van der Waals surface area contributed by atoms with Crippen LogP contribution in [-0.4, -0.2) is 34.1 Å². The normalized spacial score (nSPS) is 12.7. The number of aromatic nitrogens is 2. The molecule has 0 saturated carbocycles. The van der Waals surface area contributed by atoms with E-state index in [0.717, 1.165) is 23.9 Å². The van der Waals surface area contributed by atoms with E-state index in [0.29, 0.717) is 16.9 Å². The first-order valence-electron chi connectivity index (χ1n) is 8.52. The van der Waals surface area contributed by atoms with E-state index in [9.17, 15) is 22.8 Å². The molecule has 0 unspecified atom stereocenters. The Bertz CT molecular complexity index is 918. The first-order valence-corrected chi connectivity index (χ1v) is 8.52. The summed E-state index contributed by atoms with van der Waals surface area (Å²) in [6.07, 6.45) is -3.41. The number of benzene rings is 1. The molecule has 0 spiro atoms. The first kappa shape index (κ1) is 22.0. The van der Waals surface area contributed by atoms with Crippen LogP contribution in [0.15, 0.2) is 30.3 Å². The maximum Gasteiger partial charge on any atom is 0.573 e. The van der Waals surface area contributed by atoms with Gasteiger partial charge in [0.2, 0.25) is 0 Å². The molecule has 1 heterocycles. The summed E-state index contributed by atoms with van der Waals surface area (Å²) in [6.45, 7) is 4.96. The fourth-order valence-corrected chi connectivity index (χ4v) is 2.39. The molecule has 0 fully saturated rings. The number of amides is 1. The van der Waals surface area contributed by atoms with E-state index in [1.165, 1.54) is 25.1 Å². The topological polar surface area (TPSA) is 82.5 Å². The van der Waals surface area contributed by atoms with E-state index in [2.05, 4.69) is 15.2 Å². The molecule has 1 aromatic carbocycles. The molecule has 0 bridgehead atoms. The smallest absolute Gasteiger partial charge is 0.449 e. The second-order valence-electron chi connectivity index (χ2n) is 6.19. The van der Waals surface area contributed by atoms with Gasteiger partial charge in [-0.1, -0.05) is 12.1 Å². The lowest BCUT2D eigenvalue weighted by Gasteiger charge is -2.12. The number of ether oxygens (including phenoxy) is 2. The van der Waals surface area contributed by atoms with Crippen LogP contribution in [0.2, 0.25) is 0 Å². The van der Waals surface area contributed by atoms with E-state index in [1.54, 1.807) is 25.6 Å². The lowest BCUT2D eigenvalue weighted by molar-refractivity contribution is -0.274. The molecule has 7 nitrogen and oxygen atoms in total. The zero-order valence-electron chi connectivity index (χ0n) is 16.2. The molecule has 2 aromatic rings. The van der Waals surface area contributed by atoms with Crippen molar-refractivity contribution in [3.63, 3.8) is 0 Å². The quantitative estimate of drug-likeness (QED) is 0.581. The number of halogens is 3. The minimum absolute atomic E-state index is 0.372. The van der Waals surface area contributed by atoms with Crippen LogP contribution in [0.3, 0.4) is 0 Å². The van der Waals surface area contributed by atoms with Crippen molar-refractivity contribution in [3.8, 4) is 5.75 Å². The van der Waals surface area contributed by atoms with Crippen molar-refractivity contribution in [2.24, 2.45) is 7.05 Å². The number of nitrogens with one attached hydrogen (secondary N) is 1. The highest BCUT2D eigenvalue weighted by atomic mass is 19.4. The number of carbonyl (C=O) groups is 2. The van der Waals surface area contributed by atoms with Crippen molar-refractivity contribution < 1.29 is 32.2 Å². The fourth-order valence-electron chi connectivity index (χ4n) is 2.39. The van der Waals surface area contributed by atoms with E-state index < -0.39 is 24.3 Å². The summed E-state index contributed by atoms with van der Waals surface area (Å²) in [5.74, 6) is -1.66. The number of hydrogen-bond donors (Lipinski definition) is 1. The third-order valence-corrected chi connectivity index (χ3v) is 3.94. The van der Waals surface area contributed by atoms with E-state index in [-0.39, 0.29) is 5.75 Å². The van der Waals surface area contributed by atoms with Crippen LogP contribution in [0.5, 0.6) is 5.75 Å². The van der Waals surface area contributed by atoms with Crippen molar-refractivity contribution in [2.45, 2.75) is 33.2 Å². The van der Waals surface area contributed by atoms with Gasteiger partial charge in [0.15, 0.2) is 6.10 Å². The molecule has 1 aromatic heterocycles. The number of anilines is 1. The molecule has 0 saturated heterocycles. The molecule has 1 amide bonds. The summed E-state index contributed by atoms with van der Waals surface area (Å²) < 4.78 is 46.8. The van der Waals surface area contributed by atoms with Gasteiger partial charge in [0.05, 0.1) is 17.1 Å². The molecule has 0 aliphatic rings. The number of rotatable bonds is 6. The lowest BCUT2D eigenvalue weighted by Crippen LogP contribution is -2.29. The van der Waals surface area contributed by atoms with E-state index in [4.69, 9.17) is 4.74 Å². The summed E-state index contributed by atoms with van der Waals surface area (Å²) >= 11 is 0. The van der Waals surface area contributed by atoms with Gasteiger partial charge in [-0.3, -0.25) is 9.48 Å². The average molecular weight is 411 g/mol. The lowest BCUT2D eigenvalue weighted by atomic mass is 10.2. The number of carbonyl (C=O) groups excluding carboxylic acids is 2. The second-order valence-corrected chi connectivity index (χ2v) is 6.19. The van der Waals surface area contributed by atoms with Gasteiger partial charge in [0.25, 0.3) is 5.91 Å². The SMILES string of the molecule is Cc1nn(C)c(C)c1NC(=O)[C@H](C)OC(=O)/C=C/c1ccc(OC(F)(F)F)cc1. The Labute approximate surface area is 165 Å². The summed E-state index contributed by atoms with van der Waals surface area (Å²) in [5.41, 5.74) is 2.40. The van der Waals surface area contributed by atoms with Crippen molar-refractivity contribution in [1.29, 1.82) is 0 Å². The highest BCUT2D eigenvalue weighted by molar-refractivity contribution is 5.97. The van der Waals surface area contributed by atoms with Crippen LogP contribution in [-0.2, 0) is 21.4 Å². The number of esters is 1. The van der Waals surface area contributed by atoms with Gasteiger partial charge in [-0.25, -0.2) is 4.79 Å². The highest BCUT2D eigenvalue weighted by Gasteiger charge is 2.30. The van der Waals surface area contributed by atoms with Gasteiger partial charge < -0.3 is 14.8 Å². The number of alkyl halides is 3. The Hall–Kier alpha value is -3.30. The Morgan fingerprint density at radius 2 is 1.83 bits per heavy atom. The van der Waals surface area contributed by atoms with Gasteiger partial charge in [-0.2, -0.15) is 5.10 Å². The molecule has 2 rings (SSSR count). The summed E-state index contributed by atoms with van der Waals surface area (Å²) in [5, 5.41) is 6.86. The Kier molecular flexibility index (Phi) is 6.68. The fraction of sp³-hybridized carbons (Fsp3) is 0.316. The zero-order chi connectivity index (χ0) is 21.8. The first-order chi connectivity index (χ1) is 13.5. The van der Waals surface area contributed by atoms with Gasteiger partial charge in [-0.15, -0.1) is 13.2 Å². The monoisotopic (exact) mass is 411 g/mol. The Morgan fingerprint density at radius 1 is 1.21 bits per heavy atom. The highest BCUT2D eigenvalue weighted by Crippen LogP contribution is 2.23. The zero-order valence-corrected chi connectivity index (χ0v) is 16.2. The van der Waals surface area contributed by atoms with Gasteiger partial charge in [-0.05, 0) is 44.5 Å². The Balaban J connectivity index is 1.91. The molecule has 156 valence electrons. The molecule has 1 N–H and O–H groups in total. The van der Waals surface area contributed by atoms with Crippen LogP contribution in [0.4, 0.5) is 18.9 Å². The van der Waals surface area contributed by atoms with Crippen LogP contribution in [0, 0.1) is 13.8 Å². The minimum atomic E-state index is -4.77. The standard InChI is InChI=1S/C19H20F3N3O4/c1-11-17(12(2)25(4)24-11)23-18(27)13(3)28-16(26)10-7-14-5-8-15(9-6-14)29-19(20,21)22/h5-10,13H,1-4H3,(H,23,27)/b10-7+/t13-/m0/s1. The molecular formula is C19H20F3N3O4. The van der Waals surface area contributed by atoms with Gasteiger partial charge in [0.1, 0.15) is 5.75 Å². The van der Waals surface area contributed by atoms with Crippen molar-refractivity contribution in [1.82, 2.24) is 9.78 Å². The molecule has 10 heteroatoms. The minimum Gasteiger partial charge on any atom is -0.449 e. The van der Waals surface area contributed by atoms with Crippen molar-refractivity contribution in [3.05, 3.63) is 47.3 Å². The predicted octanol–water partition coefficient (Wildman–Crippen LogP) is 3.52. The van der Waals surface area contributed by atoms with Gasteiger partial charge >= 0.3 is 12.3 Å².